The number of hydrogen-bond donors (Lipinski definition) is 2. The number of aryl methyl sites for hydroxylation is 2. The monoisotopic (exact) mass is 318 g/mol. The third kappa shape index (κ3) is 3.95. The molecule has 1 aromatic heterocycles. The van der Waals surface area contributed by atoms with Crippen molar-refractivity contribution >= 4 is 23.2 Å². The van der Waals surface area contributed by atoms with Crippen LogP contribution in [0.25, 0.3) is 0 Å². The minimum absolute atomic E-state index is 0.265. The van der Waals surface area contributed by atoms with Crippen LogP contribution in [0.1, 0.15) is 21.7 Å². The van der Waals surface area contributed by atoms with E-state index in [1.54, 1.807) is 6.07 Å². The summed E-state index contributed by atoms with van der Waals surface area (Å²) in [4.78, 5) is 21.1. The second-order valence-electron chi connectivity index (χ2n) is 5.53. The van der Waals surface area contributed by atoms with Crippen LogP contribution in [0.3, 0.4) is 0 Å². The molecule has 2 N–H and O–H groups in total. The average molecular weight is 318 g/mol. The van der Waals surface area contributed by atoms with E-state index in [-0.39, 0.29) is 5.91 Å². The van der Waals surface area contributed by atoms with Gasteiger partial charge in [0.15, 0.2) is 0 Å². The molecule has 0 atom stereocenters. The number of carbonyl (C=O) groups is 1. The Balaban J connectivity index is 1.82. The Bertz CT molecular complexity index is 862. The summed E-state index contributed by atoms with van der Waals surface area (Å²) in [5.74, 6) is 0.137. The summed E-state index contributed by atoms with van der Waals surface area (Å²) in [6.07, 6.45) is 0. The fourth-order valence-corrected chi connectivity index (χ4v) is 2.31. The molecule has 0 radical (unpaired) electrons. The Labute approximate surface area is 140 Å². The molecule has 0 unspecified atom stereocenters. The molecule has 0 fully saturated rings. The molecule has 0 saturated carbocycles. The van der Waals surface area contributed by atoms with Crippen LogP contribution in [-0.4, -0.2) is 15.9 Å². The van der Waals surface area contributed by atoms with Crippen LogP contribution in [0.2, 0.25) is 0 Å². The van der Waals surface area contributed by atoms with E-state index in [0.29, 0.717) is 11.6 Å². The maximum Gasteiger partial charge on any atom is 0.274 e. The van der Waals surface area contributed by atoms with Crippen molar-refractivity contribution in [1.82, 2.24) is 9.97 Å². The van der Waals surface area contributed by atoms with Gasteiger partial charge in [-0.15, -0.1) is 0 Å². The molecule has 1 heterocycles. The van der Waals surface area contributed by atoms with E-state index in [1.807, 2.05) is 68.4 Å². The first kappa shape index (κ1) is 15.7. The predicted octanol–water partition coefficient (Wildman–Crippen LogP) is 4.09. The van der Waals surface area contributed by atoms with E-state index >= 15 is 0 Å². The topological polar surface area (TPSA) is 66.9 Å². The van der Waals surface area contributed by atoms with Gasteiger partial charge in [0.1, 0.15) is 5.69 Å². The molecular formula is C19H18N4O. The van der Waals surface area contributed by atoms with E-state index in [4.69, 9.17) is 0 Å². The number of rotatable bonds is 4. The highest BCUT2D eigenvalue weighted by atomic mass is 16.1. The molecule has 5 nitrogen and oxygen atoms in total. The van der Waals surface area contributed by atoms with Crippen LogP contribution < -0.4 is 10.6 Å². The first-order valence-electron chi connectivity index (χ1n) is 7.66. The number of aromatic nitrogens is 2. The first-order chi connectivity index (χ1) is 11.6. The van der Waals surface area contributed by atoms with Crippen molar-refractivity contribution in [1.29, 1.82) is 0 Å². The molecule has 0 aliphatic carbocycles. The zero-order valence-corrected chi connectivity index (χ0v) is 13.6. The second kappa shape index (κ2) is 6.91. The van der Waals surface area contributed by atoms with E-state index in [1.165, 1.54) is 0 Å². The lowest BCUT2D eigenvalue weighted by Gasteiger charge is -2.09. The Kier molecular flexibility index (Phi) is 4.52. The highest BCUT2D eigenvalue weighted by Crippen LogP contribution is 2.16. The van der Waals surface area contributed by atoms with Crippen molar-refractivity contribution in [2.45, 2.75) is 13.8 Å². The summed E-state index contributed by atoms with van der Waals surface area (Å²) in [6.45, 7) is 3.85. The number of carbonyl (C=O) groups excluding carboxylic acids is 1. The number of amides is 1. The molecule has 1 amide bonds. The lowest BCUT2D eigenvalue weighted by molar-refractivity contribution is 0.102. The lowest BCUT2D eigenvalue weighted by Crippen LogP contribution is -2.15. The Morgan fingerprint density at radius 1 is 0.875 bits per heavy atom. The third-order valence-electron chi connectivity index (χ3n) is 3.39. The van der Waals surface area contributed by atoms with Crippen molar-refractivity contribution < 1.29 is 4.79 Å². The maximum absolute atomic E-state index is 12.4. The molecule has 0 saturated heterocycles. The van der Waals surface area contributed by atoms with Crippen LogP contribution >= 0.6 is 0 Å². The number of para-hydroxylation sites is 1. The number of hydrogen-bond acceptors (Lipinski definition) is 4. The number of anilines is 3. The molecule has 24 heavy (non-hydrogen) atoms. The van der Waals surface area contributed by atoms with Gasteiger partial charge in [-0.2, -0.15) is 0 Å². The van der Waals surface area contributed by atoms with Crippen molar-refractivity contribution in [3.8, 4) is 0 Å². The smallest absolute Gasteiger partial charge is 0.274 e. The van der Waals surface area contributed by atoms with Crippen LogP contribution in [0, 0.1) is 13.8 Å². The third-order valence-corrected chi connectivity index (χ3v) is 3.39. The molecular weight excluding hydrogens is 300 g/mol. The fourth-order valence-electron chi connectivity index (χ4n) is 2.31. The molecule has 3 aromatic rings. The minimum atomic E-state index is -0.265. The summed E-state index contributed by atoms with van der Waals surface area (Å²) in [6, 6.07) is 18.9. The maximum atomic E-state index is 12.4. The van der Waals surface area contributed by atoms with Crippen LogP contribution in [-0.2, 0) is 0 Å². The van der Waals surface area contributed by atoms with Crippen molar-refractivity contribution in [3.63, 3.8) is 0 Å². The SMILES string of the molecule is Cc1cccc(Nc2nc(C)cc(C(=O)Nc3ccccc3)n2)c1. The highest BCUT2D eigenvalue weighted by molar-refractivity contribution is 6.03. The Morgan fingerprint density at radius 3 is 2.38 bits per heavy atom. The number of nitrogens with one attached hydrogen (secondary N) is 2. The van der Waals surface area contributed by atoms with Crippen LogP contribution in [0.4, 0.5) is 17.3 Å². The van der Waals surface area contributed by atoms with Gasteiger partial charge in [-0.25, -0.2) is 9.97 Å². The highest BCUT2D eigenvalue weighted by Gasteiger charge is 2.11. The van der Waals surface area contributed by atoms with Gasteiger partial charge in [-0.1, -0.05) is 30.3 Å². The van der Waals surface area contributed by atoms with Gasteiger partial charge in [-0.3, -0.25) is 4.79 Å². The van der Waals surface area contributed by atoms with E-state index < -0.39 is 0 Å². The average Bonchev–Trinajstić information content (AvgIpc) is 2.55. The molecule has 0 aliphatic heterocycles. The summed E-state index contributed by atoms with van der Waals surface area (Å²) >= 11 is 0. The first-order valence-corrected chi connectivity index (χ1v) is 7.66. The van der Waals surface area contributed by atoms with Gasteiger partial charge in [0.05, 0.1) is 0 Å². The van der Waals surface area contributed by atoms with Gasteiger partial charge in [0.25, 0.3) is 5.91 Å². The molecule has 0 aliphatic rings. The molecule has 3 rings (SSSR count). The largest absolute Gasteiger partial charge is 0.324 e. The Hall–Kier alpha value is -3.21. The summed E-state index contributed by atoms with van der Waals surface area (Å²) in [5, 5.41) is 5.97. The standard InChI is InChI=1S/C19H18N4O/c1-13-7-6-10-16(11-13)22-19-20-14(2)12-17(23-19)18(24)21-15-8-4-3-5-9-15/h3-12H,1-2H3,(H,21,24)(H,20,22,23). The second-order valence-corrected chi connectivity index (χ2v) is 5.53. The fraction of sp³-hybridized carbons (Fsp3) is 0.105. The quantitative estimate of drug-likeness (QED) is 0.760. The van der Waals surface area contributed by atoms with Gasteiger partial charge in [0, 0.05) is 17.1 Å². The van der Waals surface area contributed by atoms with Crippen molar-refractivity contribution in [3.05, 3.63) is 77.6 Å². The van der Waals surface area contributed by atoms with Crippen LogP contribution in [0.15, 0.2) is 60.7 Å². The number of nitrogens with zero attached hydrogens (tertiary/aromatic N) is 2. The number of benzene rings is 2. The zero-order valence-electron chi connectivity index (χ0n) is 13.6. The molecule has 120 valence electrons. The van der Waals surface area contributed by atoms with Crippen LogP contribution in [0.5, 0.6) is 0 Å². The van der Waals surface area contributed by atoms with E-state index in [0.717, 1.165) is 22.6 Å². The summed E-state index contributed by atoms with van der Waals surface area (Å²) in [5.41, 5.74) is 3.79. The van der Waals surface area contributed by atoms with Crippen molar-refractivity contribution in [2.75, 3.05) is 10.6 Å². The predicted molar refractivity (Wildman–Crippen MR) is 95.6 cm³/mol. The molecule has 0 spiro atoms. The van der Waals surface area contributed by atoms with Gasteiger partial charge >= 0.3 is 0 Å². The zero-order chi connectivity index (χ0) is 16.9. The van der Waals surface area contributed by atoms with Gasteiger partial charge in [-0.05, 0) is 49.7 Å². The van der Waals surface area contributed by atoms with E-state index in [2.05, 4.69) is 20.6 Å². The minimum Gasteiger partial charge on any atom is -0.324 e. The molecule has 0 bridgehead atoms. The normalized spacial score (nSPS) is 10.2. The Morgan fingerprint density at radius 2 is 1.62 bits per heavy atom. The lowest BCUT2D eigenvalue weighted by atomic mass is 10.2. The van der Waals surface area contributed by atoms with Gasteiger partial charge < -0.3 is 10.6 Å². The van der Waals surface area contributed by atoms with Gasteiger partial charge in [0.2, 0.25) is 5.95 Å². The van der Waals surface area contributed by atoms with Crippen molar-refractivity contribution in [2.24, 2.45) is 0 Å². The molecule has 2 aromatic carbocycles. The molecule has 5 heteroatoms. The van der Waals surface area contributed by atoms with E-state index in [9.17, 15) is 4.79 Å². The summed E-state index contributed by atoms with van der Waals surface area (Å²) in [7, 11) is 0. The summed E-state index contributed by atoms with van der Waals surface area (Å²) < 4.78 is 0.